The van der Waals surface area contributed by atoms with E-state index in [-0.39, 0.29) is 17.3 Å². The van der Waals surface area contributed by atoms with E-state index in [1.807, 2.05) is 13.8 Å². The molecule has 1 amide bonds. The number of benzene rings is 2. The van der Waals surface area contributed by atoms with Crippen LogP contribution in [0.1, 0.15) is 30.4 Å². The number of carbonyl (C=O) groups excluding carboxylic acids is 1. The number of fused-ring (bicyclic) bond motifs is 1. The first-order valence-corrected chi connectivity index (χ1v) is 8.42. The lowest BCUT2D eigenvalue weighted by atomic mass is 10.1. The summed E-state index contributed by atoms with van der Waals surface area (Å²) in [6, 6.07) is 11.5. The highest BCUT2D eigenvalue weighted by Crippen LogP contribution is 2.26. The molecular formula is C18H15Cl2N3O2. The lowest BCUT2D eigenvalue weighted by Crippen LogP contribution is -2.29. The summed E-state index contributed by atoms with van der Waals surface area (Å²) in [6.45, 7) is 3.66. The van der Waals surface area contributed by atoms with Crippen molar-refractivity contribution in [2.24, 2.45) is 0 Å². The van der Waals surface area contributed by atoms with Crippen LogP contribution < -0.4 is 10.9 Å². The molecule has 0 atom stereocenters. The predicted molar refractivity (Wildman–Crippen MR) is 101 cm³/mol. The zero-order valence-electron chi connectivity index (χ0n) is 13.6. The highest BCUT2D eigenvalue weighted by Gasteiger charge is 2.18. The fourth-order valence-electron chi connectivity index (χ4n) is 2.50. The Morgan fingerprint density at radius 2 is 1.80 bits per heavy atom. The molecule has 0 aliphatic heterocycles. The van der Waals surface area contributed by atoms with Crippen LogP contribution in [0.4, 0.5) is 5.69 Å². The maximum Gasteiger partial charge on any atom is 0.276 e. The normalized spacial score (nSPS) is 11.1. The first-order valence-electron chi connectivity index (χ1n) is 7.66. The van der Waals surface area contributed by atoms with Crippen molar-refractivity contribution in [1.82, 2.24) is 9.78 Å². The molecular weight excluding hydrogens is 361 g/mol. The molecule has 1 N–H and O–H groups in total. The number of aromatic nitrogens is 2. The predicted octanol–water partition coefficient (Wildman–Crippen LogP) is 4.54. The van der Waals surface area contributed by atoms with Gasteiger partial charge in [-0.05, 0) is 38.1 Å². The molecule has 3 aromatic rings. The van der Waals surface area contributed by atoms with Gasteiger partial charge in [0.05, 0.1) is 22.1 Å². The van der Waals surface area contributed by atoms with E-state index in [2.05, 4.69) is 10.4 Å². The van der Waals surface area contributed by atoms with Gasteiger partial charge in [0.25, 0.3) is 11.5 Å². The smallest absolute Gasteiger partial charge is 0.276 e. The van der Waals surface area contributed by atoms with Crippen LogP contribution in [0, 0.1) is 0 Å². The van der Waals surface area contributed by atoms with Crippen LogP contribution in [0.2, 0.25) is 10.0 Å². The van der Waals surface area contributed by atoms with Crippen molar-refractivity contribution in [2.45, 2.75) is 19.9 Å². The Morgan fingerprint density at radius 3 is 2.48 bits per heavy atom. The lowest BCUT2D eigenvalue weighted by Gasteiger charge is -2.14. The Bertz CT molecular complexity index is 1030. The second-order valence-corrected chi connectivity index (χ2v) is 6.66. The minimum atomic E-state index is -0.463. The standard InChI is InChI=1S/C18H15Cl2N3O2/c1-10(2)23-18(25)13-6-4-3-5-12(13)16(22-23)17(24)21-15-9-11(19)7-8-14(15)20/h3-10H,1-2H3,(H,21,24). The first kappa shape index (κ1) is 17.5. The molecule has 5 nitrogen and oxygen atoms in total. The van der Waals surface area contributed by atoms with Crippen molar-refractivity contribution in [3.8, 4) is 0 Å². The number of carbonyl (C=O) groups is 1. The van der Waals surface area contributed by atoms with Gasteiger partial charge in [0.15, 0.2) is 5.69 Å². The number of halogens is 2. The van der Waals surface area contributed by atoms with E-state index >= 15 is 0 Å². The number of nitrogens with one attached hydrogen (secondary N) is 1. The van der Waals surface area contributed by atoms with E-state index in [4.69, 9.17) is 23.2 Å². The van der Waals surface area contributed by atoms with Crippen LogP contribution in [-0.2, 0) is 0 Å². The molecule has 0 aliphatic rings. The molecule has 0 unspecified atom stereocenters. The summed E-state index contributed by atoms with van der Waals surface area (Å²) >= 11 is 12.1. The maximum absolute atomic E-state index is 12.8. The van der Waals surface area contributed by atoms with Crippen molar-refractivity contribution >= 4 is 45.6 Å². The molecule has 0 radical (unpaired) electrons. The van der Waals surface area contributed by atoms with Gasteiger partial charge in [-0.2, -0.15) is 5.10 Å². The Labute approximate surface area is 154 Å². The van der Waals surface area contributed by atoms with Gasteiger partial charge in [-0.3, -0.25) is 9.59 Å². The van der Waals surface area contributed by atoms with Gasteiger partial charge in [-0.15, -0.1) is 0 Å². The zero-order valence-corrected chi connectivity index (χ0v) is 15.1. The van der Waals surface area contributed by atoms with Gasteiger partial charge >= 0.3 is 0 Å². The van der Waals surface area contributed by atoms with Crippen molar-refractivity contribution in [1.29, 1.82) is 0 Å². The van der Waals surface area contributed by atoms with Gasteiger partial charge in [-0.25, -0.2) is 4.68 Å². The maximum atomic E-state index is 12.8. The summed E-state index contributed by atoms with van der Waals surface area (Å²) in [5.74, 6) is -0.463. The van der Waals surface area contributed by atoms with Crippen LogP contribution in [0.25, 0.3) is 10.8 Å². The minimum absolute atomic E-state index is 0.153. The summed E-state index contributed by atoms with van der Waals surface area (Å²) < 4.78 is 1.30. The molecule has 3 rings (SSSR count). The third-order valence-electron chi connectivity index (χ3n) is 3.71. The molecule has 0 spiro atoms. The number of rotatable bonds is 3. The molecule has 0 saturated carbocycles. The molecule has 0 fully saturated rings. The largest absolute Gasteiger partial charge is 0.319 e. The van der Waals surface area contributed by atoms with Gasteiger partial charge in [0, 0.05) is 10.4 Å². The molecule has 0 saturated heterocycles. The van der Waals surface area contributed by atoms with Crippen molar-refractivity contribution in [3.05, 3.63) is 68.6 Å². The third kappa shape index (κ3) is 3.38. The summed E-state index contributed by atoms with van der Waals surface area (Å²) in [5.41, 5.74) is 0.301. The molecule has 7 heteroatoms. The van der Waals surface area contributed by atoms with Crippen molar-refractivity contribution < 1.29 is 4.79 Å². The van der Waals surface area contributed by atoms with Gasteiger partial charge in [-0.1, -0.05) is 41.4 Å². The number of hydrogen-bond acceptors (Lipinski definition) is 3. The fourth-order valence-corrected chi connectivity index (χ4v) is 2.84. The van der Waals surface area contributed by atoms with Crippen molar-refractivity contribution in [3.63, 3.8) is 0 Å². The van der Waals surface area contributed by atoms with Gasteiger partial charge in [0.1, 0.15) is 0 Å². The van der Waals surface area contributed by atoms with Crippen LogP contribution in [0.5, 0.6) is 0 Å². The second-order valence-electron chi connectivity index (χ2n) is 5.82. The van der Waals surface area contributed by atoms with E-state index in [0.29, 0.717) is 26.5 Å². The van der Waals surface area contributed by atoms with E-state index in [1.54, 1.807) is 42.5 Å². The fraction of sp³-hybridized carbons (Fsp3) is 0.167. The molecule has 2 aromatic carbocycles. The van der Waals surface area contributed by atoms with Crippen LogP contribution in [-0.4, -0.2) is 15.7 Å². The van der Waals surface area contributed by atoms with E-state index < -0.39 is 5.91 Å². The van der Waals surface area contributed by atoms with E-state index in [0.717, 1.165) is 0 Å². The summed E-state index contributed by atoms with van der Waals surface area (Å²) in [4.78, 5) is 25.3. The van der Waals surface area contributed by atoms with Crippen LogP contribution >= 0.6 is 23.2 Å². The third-order valence-corrected chi connectivity index (χ3v) is 4.27. The Balaban J connectivity index is 2.14. The number of hydrogen-bond donors (Lipinski definition) is 1. The quantitative estimate of drug-likeness (QED) is 0.730. The number of amides is 1. The van der Waals surface area contributed by atoms with Crippen molar-refractivity contribution in [2.75, 3.05) is 5.32 Å². The average molecular weight is 376 g/mol. The summed E-state index contributed by atoms with van der Waals surface area (Å²) in [7, 11) is 0. The Morgan fingerprint density at radius 1 is 1.12 bits per heavy atom. The Hall–Kier alpha value is -2.37. The molecule has 1 heterocycles. The van der Waals surface area contributed by atoms with E-state index in [9.17, 15) is 9.59 Å². The van der Waals surface area contributed by atoms with Crippen LogP contribution in [0.15, 0.2) is 47.3 Å². The highest BCUT2D eigenvalue weighted by molar-refractivity contribution is 6.36. The van der Waals surface area contributed by atoms with E-state index in [1.165, 1.54) is 4.68 Å². The summed E-state index contributed by atoms with van der Waals surface area (Å²) in [6.07, 6.45) is 0. The summed E-state index contributed by atoms with van der Waals surface area (Å²) in [5, 5.41) is 8.71. The van der Waals surface area contributed by atoms with Crippen LogP contribution in [0.3, 0.4) is 0 Å². The number of anilines is 1. The molecule has 128 valence electrons. The SMILES string of the molecule is CC(C)n1nc(C(=O)Nc2cc(Cl)ccc2Cl)c2ccccc2c1=O. The number of nitrogens with zero attached hydrogens (tertiary/aromatic N) is 2. The highest BCUT2D eigenvalue weighted by atomic mass is 35.5. The zero-order chi connectivity index (χ0) is 18.1. The first-order chi connectivity index (χ1) is 11.9. The molecule has 1 aromatic heterocycles. The van der Waals surface area contributed by atoms with Gasteiger partial charge in [0.2, 0.25) is 0 Å². The lowest BCUT2D eigenvalue weighted by molar-refractivity contribution is 0.102. The molecule has 0 bridgehead atoms. The second kappa shape index (κ2) is 6.86. The molecule has 0 aliphatic carbocycles. The monoisotopic (exact) mass is 375 g/mol. The Kier molecular flexibility index (Phi) is 4.79. The topological polar surface area (TPSA) is 64.0 Å². The van der Waals surface area contributed by atoms with Gasteiger partial charge < -0.3 is 5.32 Å². The minimum Gasteiger partial charge on any atom is -0.319 e. The molecule has 25 heavy (non-hydrogen) atoms. The average Bonchev–Trinajstić information content (AvgIpc) is 2.58.